The summed E-state index contributed by atoms with van der Waals surface area (Å²) < 4.78 is 35.3. The molecule has 0 spiro atoms. The van der Waals surface area contributed by atoms with Gasteiger partial charge in [-0.05, 0) is 51.9 Å². The number of esters is 1. The van der Waals surface area contributed by atoms with E-state index >= 15 is 0 Å². The van der Waals surface area contributed by atoms with E-state index in [-0.39, 0.29) is 18.8 Å². The summed E-state index contributed by atoms with van der Waals surface area (Å²) in [6.07, 6.45) is 6.53. The fourth-order valence-corrected chi connectivity index (χ4v) is 6.20. The molecule has 3 aliphatic heterocycles. The number of ether oxygens (including phenoxy) is 6. The molecule has 0 aromatic heterocycles. The van der Waals surface area contributed by atoms with Gasteiger partial charge in [0.2, 0.25) is 0 Å². The molecule has 11 atom stereocenters. The van der Waals surface area contributed by atoms with Crippen LogP contribution in [0.4, 0.5) is 0 Å². The van der Waals surface area contributed by atoms with Crippen LogP contribution in [0, 0.1) is 5.92 Å². The summed E-state index contributed by atoms with van der Waals surface area (Å²) in [4.78, 5) is 13.2. The number of carbonyl (C=O) groups excluding carboxylic acids is 1. The number of cyclic esters (lactones) is 1. The lowest BCUT2D eigenvalue weighted by atomic mass is 9.84. The standard InChI is InChI=1S/C31H52O10/c1-7-8-9-10-11-12-15-30(4)18-24(32)20(2)13-14-22-16-23(17-31(35,40-22)19-25(33)41-30)39-29-28(37-6)26(34)27(36-5)21(3)38-29/h8-11,20-24,26-29,32,34-35H,7,12-19H2,1-6H3/b9-8+,11-10+/t20-,21+,22?,23?,24+,26-,27+,28-,29+,30-,31+/m1/s1. The van der Waals surface area contributed by atoms with Crippen LogP contribution in [0.5, 0.6) is 0 Å². The number of rotatable bonds is 9. The molecule has 3 heterocycles. The molecule has 2 bridgehead atoms. The molecule has 0 aromatic rings. The Morgan fingerprint density at radius 3 is 2.44 bits per heavy atom. The van der Waals surface area contributed by atoms with Gasteiger partial charge in [-0.15, -0.1) is 0 Å². The Balaban J connectivity index is 1.75. The van der Waals surface area contributed by atoms with Gasteiger partial charge in [-0.2, -0.15) is 0 Å². The van der Waals surface area contributed by atoms with Gasteiger partial charge < -0.3 is 43.7 Å². The number of methoxy groups -OCH3 is 2. The molecular weight excluding hydrogens is 532 g/mol. The van der Waals surface area contributed by atoms with E-state index in [4.69, 9.17) is 28.4 Å². The van der Waals surface area contributed by atoms with Crippen LogP contribution in [0.15, 0.2) is 24.3 Å². The predicted octanol–water partition coefficient (Wildman–Crippen LogP) is 3.55. The SMILES string of the molecule is CC/C=C/C=C/CC[C@]1(C)C[C@H](O)[C@H](C)CCC2CC(O[C@@H]3O[C@@H](C)[C@H](OC)[C@@H](O)[C@H]3OC)C[C@@](O)(CC(=O)O1)O2. The Labute approximate surface area is 245 Å². The summed E-state index contributed by atoms with van der Waals surface area (Å²) in [5, 5.41) is 33.4. The number of hydrogen-bond donors (Lipinski definition) is 3. The lowest BCUT2D eigenvalue weighted by Crippen LogP contribution is -2.60. The molecule has 3 rings (SSSR count). The highest BCUT2D eigenvalue weighted by atomic mass is 16.7. The van der Waals surface area contributed by atoms with Crippen LogP contribution in [0.1, 0.15) is 85.5 Å². The van der Waals surface area contributed by atoms with Gasteiger partial charge in [-0.1, -0.05) is 38.2 Å². The molecule has 41 heavy (non-hydrogen) atoms. The summed E-state index contributed by atoms with van der Waals surface area (Å²) in [6.45, 7) is 7.68. The Hall–Kier alpha value is -1.37. The first-order chi connectivity index (χ1) is 19.4. The van der Waals surface area contributed by atoms with Crippen molar-refractivity contribution in [1.82, 2.24) is 0 Å². The lowest BCUT2D eigenvalue weighted by Gasteiger charge is -2.46. The zero-order valence-electron chi connectivity index (χ0n) is 25.6. The van der Waals surface area contributed by atoms with E-state index in [9.17, 15) is 20.1 Å². The molecule has 3 aliphatic rings. The summed E-state index contributed by atoms with van der Waals surface area (Å²) >= 11 is 0. The van der Waals surface area contributed by atoms with Crippen LogP contribution >= 0.6 is 0 Å². The molecule has 3 fully saturated rings. The highest BCUT2D eigenvalue weighted by Crippen LogP contribution is 2.38. The fourth-order valence-electron chi connectivity index (χ4n) is 6.20. The molecule has 0 saturated carbocycles. The maximum absolute atomic E-state index is 13.2. The van der Waals surface area contributed by atoms with Crippen LogP contribution in [0.2, 0.25) is 0 Å². The smallest absolute Gasteiger partial charge is 0.311 e. The van der Waals surface area contributed by atoms with Crippen molar-refractivity contribution in [3.05, 3.63) is 24.3 Å². The first-order valence-corrected chi connectivity index (χ1v) is 15.1. The number of aliphatic hydroxyl groups is 3. The third kappa shape index (κ3) is 9.56. The summed E-state index contributed by atoms with van der Waals surface area (Å²) in [5.41, 5.74) is -0.908. The van der Waals surface area contributed by atoms with Gasteiger partial charge >= 0.3 is 5.97 Å². The number of allylic oxidation sites excluding steroid dienone is 4. The first-order valence-electron chi connectivity index (χ1n) is 15.1. The van der Waals surface area contributed by atoms with Crippen molar-refractivity contribution in [2.24, 2.45) is 5.92 Å². The Morgan fingerprint density at radius 1 is 1.05 bits per heavy atom. The van der Waals surface area contributed by atoms with Crippen molar-refractivity contribution in [2.75, 3.05) is 14.2 Å². The van der Waals surface area contributed by atoms with E-state index in [0.717, 1.165) is 6.42 Å². The Bertz CT molecular complexity index is 879. The topological polar surface area (TPSA) is 133 Å². The second kappa shape index (κ2) is 15.4. The highest BCUT2D eigenvalue weighted by molar-refractivity contribution is 5.71. The van der Waals surface area contributed by atoms with E-state index in [1.165, 1.54) is 14.2 Å². The molecule has 3 saturated heterocycles. The van der Waals surface area contributed by atoms with Gasteiger partial charge in [0, 0.05) is 33.5 Å². The average Bonchev–Trinajstić information content (AvgIpc) is 2.88. The molecule has 2 unspecified atom stereocenters. The molecule has 0 radical (unpaired) electrons. The third-order valence-electron chi connectivity index (χ3n) is 8.56. The number of aliphatic hydroxyl groups excluding tert-OH is 2. The highest BCUT2D eigenvalue weighted by Gasteiger charge is 2.49. The minimum atomic E-state index is -1.80. The molecule has 0 aromatic carbocycles. The number of hydrogen-bond acceptors (Lipinski definition) is 10. The van der Waals surface area contributed by atoms with Crippen LogP contribution in [-0.2, 0) is 33.2 Å². The zero-order chi connectivity index (χ0) is 30.2. The second-order valence-corrected chi connectivity index (χ2v) is 12.2. The minimum absolute atomic E-state index is 0.0223. The summed E-state index contributed by atoms with van der Waals surface area (Å²) in [7, 11) is 2.97. The van der Waals surface area contributed by atoms with Crippen molar-refractivity contribution < 1.29 is 48.5 Å². The fraction of sp³-hybridized carbons (Fsp3) is 0.839. The van der Waals surface area contributed by atoms with E-state index in [0.29, 0.717) is 38.5 Å². The quantitative estimate of drug-likeness (QED) is 0.273. The van der Waals surface area contributed by atoms with Crippen molar-refractivity contribution in [3.63, 3.8) is 0 Å². The Kier molecular flexibility index (Phi) is 12.8. The van der Waals surface area contributed by atoms with Crippen molar-refractivity contribution >= 4 is 5.97 Å². The number of fused-ring (bicyclic) bond motifs is 2. The minimum Gasteiger partial charge on any atom is -0.459 e. The third-order valence-corrected chi connectivity index (χ3v) is 8.56. The summed E-state index contributed by atoms with van der Waals surface area (Å²) in [5.74, 6) is -2.47. The molecule has 3 N–H and O–H groups in total. The molecule has 0 amide bonds. The van der Waals surface area contributed by atoms with Crippen LogP contribution in [-0.4, -0.2) is 95.9 Å². The Morgan fingerprint density at radius 2 is 1.76 bits per heavy atom. The number of carbonyl (C=O) groups is 1. The zero-order valence-corrected chi connectivity index (χ0v) is 25.6. The molecule has 236 valence electrons. The maximum atomic E-state index is 13.2. The largest absolute Gasteiger partial charge is 0.459 e. The average molecular weight is 585 g/mol. The van der Waals surface area contributed by atoms with Crippen molar-refractivity contribution in [1.29, 1.82) is 0 Å². The van der Waals surface area contributed by atoms with Gasteiger partial charge in [0.15, 0.2) is 12.1 Å². The van der Waals surface area contributed by atoms with Crippen LogP contribution in [0.3, 0.4) is 0 Å². The van der Waals surface area contributed by atoms with E-state index in [1.54, 1.807) is 6.92 Å². The molecule has 0 aliphatic carbocycles. The van der Waals surface area contributed by atoms with Gasteiger partial charge in [-0.25, -0.2) is 0 Å². The van der Waals surface area contributed by atoms with E-state index in [1.807, 2.05) is 32.1 Å². The predicted molar refractivity (Wildman–Crippen MR) is 152 cm³/mol. The van der Waals surface area contributed by atoms with Gasteiger partial charge in [0.1, 0.15) is 23.9 Å². The first kappa shape index (κ1) is 34.1. The van der Waals surface area contributed by atoms with E-state index < -0.39 is 66.4 Å². The van der Waals surface area contributed by atoms with Gasteiger partial charge in [0.25, 0.3) is 0 Å². The molecule has 10 nitrogen and oxygen atoms in total. The lowest BCUT2D eigenvalue weighted by molar-refractivity contribution is -0.337. The summed E-state index contributed by atoms with van der Waals surface area (Å²) in [6, 6.07) is 0. The van der Waals surface area contributed by atoms with E-state index in [2.05, 4.69) is 13.0 Å². The maximum Gasteiger partial charge on any atom is 0.311 e. The van der Waals surface area contributed by atoms with Gasteiger partial charge in [0.05, 0.1) is 30.8 Å². The molecular formula is C31H52O10. The molecule has 10 heteroatoms. The van der Waals surface area contributed by atoms with Crippen molar-refractivity contribution in [2.45, 2.75) is 146 Å². The van der Waals surface area contributed by atoms with Crippen LogP contribution in [0.25, 0.3) is 0 Å². The second-order valence-electron chi connectivity index (χ2n) is 12.2. The normalized spacial score (nSPS) is 43.0. The monoisotopic (exact) mass is 584 g/mol. The van der Waals surface area contributed by atoms with Crippen molar-refractivity contribution in [3.8, 4) is 0 Å². The van der Waals surface area contributed by atoms with Crippen LogP contribution < -0.4 is 0 Å². The van der Waals surface area contributed by atoms with Gasteiger partial charge in [-0.3, -0.25) is 4.79 Å².